The molecule has 4 nitrogen and oxygen atoms in total. The van der Waals surface area contributed by atoms with E-state index >= 15 is 0 Å². The predicted octanol–water partition coefficient (Wildman–Crippen LogP) is 2.78. The van der Waals surface area contributed by atoms with Gasteiger partial charge in [-0.15, -0.1) is 0 Å². The lowest BCUT2D eigenvalue weighted by Crippen LogP contribution is -2.39. The lowest BCUT2D eigenvalue weighted by Gasteiger charge is -2.22. The Labute approximate surface area is 138 Å². The average molecular weight is 340 g/mol. The van der Waals surface area contributed by atoms with Crippen molar-refractivity contribution in [1.29, 1.82) is 0 Å². The van der Waals surface area contributed by atoms with Gasteiger partial charge in [0.2, 0.25) is 0 Å². The highest BCUT2D eigenvalue weighted by atomic mass is 19.4. The van der Waals surface area contributed by atoms with Crippen LogP contribution in [0.2, 0.25) is 0 Å². The molecule has 24 heavy (non-hydrogen) atoms. The maximum absolute atomic E-state index is 12.6. The Balaban J connectivity index is 1.74. The van der Waals surface area contributed by atoms with Crippen molar-refractivity contribution in [2.75, 3.05) is 26.3 Å². The first kappa shape index (κ1) is 18.1. The number of amides is 2. The lowest BCUT2D eigenvalue weighted by atomic mass is 10.0. The molecule has 0 spiro atoms. The Bertz CT molecular complexity index is 614. The van der Waals surface area contributed by atoms with Gasteiger partial charge in [-0.25, -0.2) is 4.79 Å². The molecule has 0 saturated carbocycles. The summed E-state index contributed by atoms with van der Waals surface area (Å²) in [4.78, 5) is 11.6. The van der Waals surface area contributed by atoms with Gasteiger partial charge < -0.3 is 15.4 Å². The van der Waals surface area contributed by atoms with Crippen LogP contribution in [0.4, 0.5) is 18.0 Å². The number of ether oxygens (including phenoxy) is 1. The number of carbonyl (C=O) groups is 1. The van der Waals surface area contributed by atoms with E-state index in [2.05, 4.69) is 22.5 Å². The minimum Gasteiger partial charge on any atom is -0.381 e. The van der Waals surface area contributed by atoms with Crippen LogP contribution < -0.4 is 10.6 Å². The normalized spacial score (nSPS) is 15.3. The summed E-state index contributed by atoms with van der Waals surface area (Å²) in [6.07, 6.45) is -2.54. The number of hydrogen-bond donors (Lipinski definition) is 2. The molecule has 130 valence electrons. The summed E-state index contributed by atoms with van der Waals surface area (Å²) in [5.41, 5.74) is -0.481. The Hall–Kier alpha value is -2.20. The Kier molecular flexibility index (Phi) is 6.50. The maximum Gasteiger partial charge on any atom is 0.416 e. The van der Waals surface area contributed by atoms with Crippen LogP contribution in [0.5, 0.6) is 0 Å². The van der Waals surface area contributed by atoms with Crippen molar-refractivity contribution in [3.8, 4) is 11.8 Å². The highest BCUT2D eigenvalue weighted by Gasteiger charge is 2.30. The van der Waals surface area contributed by atoms with Gasteiger partial charge in [0.1, 0.15) is 0 Å². The molecular weight excluding hydrogens is 321 g/mol. The highest BCUT2D eigenvalue weighted by Crippen LogP contribution is 2.29. The Morgan fingerprint density at radius 1 is 1.25 bits per heavy atom. The molecule has 2 N–H and O–H groups in total. The van der Waals surface area contributed by atoms with Crippen LogP contribution in [0, 0.1) is 17.8 Å². The number of carbonyl (C=O) groups excluding carboxylic acids is 1. The zero-order valence-corrected chi connectivity index (χ0v) is 13.1. The number of hydrogen-bond acceptors (Lipinski definition) is 2. The zero-order chi connectivity index (χ0) is 17.4. The van der Waals surface area contributed by atoms with Crippen molar-refractivity contribution in [2.24, 2.45) is 5.92 Å². The molecule has 0 atom stereocenters. The summed E-state index contributed by atoms with van der Waals surface area (Å²) in [6, 6.07) is 4.44. The molecule has 0 aromatic heterocycles. The molecule has 0 radical (unpaired) electrons. The van der Waals surface area contributed by atoms with Crippen molar-refractivity contribution >= 4 is 6.03 Å². The molecule has 1 aliphatic rings. The summed E-state index contributed by atoms with van der Waals surface area (Å²) >= 11 is 0. The van der Waals surface area contributed by atoms with Crippen molar-refractivity contribution < 1.29 is 22.7 Å². The SMILES string of the molecule is O=C(NCC#Cc1cccc(C(F)(F)F)c1)NCC1CCOCC1. The van der Waals surface area contributed by atoms with Crippen LogP contribution >= 0.6 is 0 Å². The summed E-state index contributed by atoms with van der Waals surface area (Å²) in [5.74, 6) is 5.67. The first-order valence-corrected chi connectivity index (χ1v) is 7.71. The van der Waals surface area contributed by atoms with E-state index in [0.29, 0.717) is 12.5 Å². The number of benzene rings is 1. The number of alkyl halides is 3. The van der Waals surface area contributed by atoms with Crippen molar-refractivity contribution in [2.45, 2.75) is 19.0 Å². The predicted molar refractivity (Wildman–Crippen MR) is 83.3 cm³/mol. The van der Waals surface area contributed by atoms with E-state index in [1.807, 2.05) is 0 Å². The number of halogens is 3. The average Bonchev–Trinajstić information content (AvgIpc) is 2.57. The van der Waals surface area contributed by atoms with Crippen molar-refractivity contribution in [1.82, 2.24) is 10.6 Å². The first-order chi connectivity index (χ1) is 11.4. The van der Waals surface area contributed by atoms with Crippen LogP contribution in [0.25, 0.3) is 0 Å². The number of nitrogens with one attached hydrogen (secondary N) is 2. The monoisotopic (exact) mass is 340 g/mol. The maximum atomic E-state index is 12.6. The zero-order valence-electron chi connectivity index (χ0n) is 13.1. The summed E-state index contributed by atoms with van der Waals surface area (Å²) < 4.78 is 43.0. The van der Waals surface area contributed by atoms with Crippen LogP contribution in [-0.4, -0.2) is 32.3 Å². The van der Waals surface area contributed by atoms with Crippen LogP contribution in [0.3, 0.4) is 0 Å². The van der Waals surface area contributed by atoms with Gasteiger partial charge >= 0.3 is 12.2 Å². The van der Waals surface area contributed by atoms with E-state index < -0.39 is 11.7 Å². The molecule has 1 aliphatic heterocycles. The third kappa shape index (κ3) is 6.13. The molecular formula is C17H19F3N2O2. The van der Waals surface area contributed by atoms with E-state index in [4.69, 9.17) is 4.74 Å². The second-order valence-electron chi connectivity index (χ2n) is 5.50. The minimum absolute atomic E-state index is 0.0653. The van der Waals surface area contributed by atoms with Crippen molar-refractivity contribution in [3.63, 3.8) is 0 Å². The highest BCUT2D eigenvalue weighted by molar-refractivity contribution is 5.74. The molecule has 2 amide bonds. The summed E-state index contributed by atoms with van der Waals surface area (Å²) in [7, 11) is 0. The third-order valence-corrected chi connectivity index (χ3v) is 3.65. The standard InChI is InChI=1S/C17H19F3N2O2/c18-17(19,20)15-5-1-3-13(11-15)4-2-8-21-16(23)22-12-14-6-9-24-10-7-14/h1,3,5,11,14H,6-10,12H2,(H2,21,22,23). The Morgan fingerprint density at radius 2 is 2.00 bits per heavy atom. The van der Waals surface area contributed by atoms with Gasteiger partial charge in [0.25, 0.3) is 0 Å². The van der Waals surface area contributed by atoms with Gasteiger partial charge in [0, 0.05) is 25.3 Å². The molecule has 1 aromatic rings. The second-order valence-corrected chi connectivity index (χ2v) is 5.50. The van der Waals surface area contributed by atoms with E-state index in [0.717, 1.165) is 38.2 Å². The molecule has 2 rings (SSSR count). The largest absolute Gasteiger partial charge is 0.416 e. The van der Waals surface area contributed by atoms with Gasteiger partial charge in [0.05, 0.1) is 12.1 Å². The molecule has 1 heterocycles. The topological polar surface area (TPSA) is 50.4 Å². The first-order valence-electron chi connectivity index (χ1n) is 7.71. The van der Waals surface area contributed by atoms with Crippen molar-refractivity contribution in [3.05, 3.63) is 35.4 Å². The molecule has 1 fully saturated rings. The molecule has 0 aliphatic carbocycles. The lowest BCUT2D eigenvalue weighted by molar-refractivity contribution is -0.137. The fourth-order valence-corrected chi connectivity index (χ4v) is 2.29. The summed E-state index contributed by atoms with van der Waals surface area (Å²) in [5, 5.41) is 5.32. The fraction of sp³-hybridized carbons (Fsp3) is 0.471. The smallest absolute Gasteiger partial charge is 0.381 e. The quantitative estimate of drug-likeness (QED) is 0.832. The van der Waals surface area contributed by atoms with Gasteiger partial charge in [-0.1, -0.05) is 17.9 Å². The van der Waals surface area contributed by atoms with Gasteiger partial charge in [-0.2, -0.15) is 13.2 Å². The van der Waals surface area contributed by atoms with Gasteiger partial charge in [0.15, 0.2) is 0 Å². The van der Waals surface area contributed by atoms with Crippen LogP contribution in [-0.2, 0) is 10.9 Å². The van der Waals surface area contributed by atoms with Crippen LogP contribution in [0.15, 0.2) is 24.3 Å². The van der Waals surface area contributed by atoms with E-state index in [9.17, 15) is 18.0 Å². The molecule has 0 bridgehead atoms. The fourth-order valence-electron chi connectivity index (χ4n) is 2.29. The van der Waals surface area contributed by atoms with Crippen LogP contribution in [0.1, 0.15) is 24.0 Å². The molecule has 7 heteroatoms. The molecule has 1 saturated heterocycles. The van der Waals surface area contributed by atoms with Gasteiger partial charge in [-0.3, -0.25) is 0 Å². The van der Waals surface area contributed by atoms with E-state index in [1.54, 1.807) is 0 Å². The number of urea groups is 1. The summed E-state index contributed by atoms with van der Waals surface area (Å²) in [6.45, 7) is 2.08. The van der Waals surface area contributed by atoms with E-state index in [-0.39, 0.29) is 18.1 Å². The second kappa shape index (κ2) is 8.60. The van der Waals surface area contributed by atoms with Gasteiger partial charge in [-0.05, 0) is 37.0 Å². The Morgan fingerprint density at radius 3 is 2.71 bits per heavy atom. The third-order valence-electron chi connectivity index (χ3n) is 3.65. The molecule has 0 unspecified atom stereocenters. The number of rotatable bonds is 3. The minimum atomic E-state index is -4.39. The molecule has 1 aromatic carbocycles. The van der Waals surface area contributed by atoms with E-state index in [1.165, 1.54) is 12.1 Å².